The second-order valence-corrected chi connectivity index (χ2v) is 13.7. The van der Waals surface area contributed by atoms with Gasteiger partial charge in [0.2, 0.25) is 5.89 Å². The maximum atomic E-state index is 13.5. The molecule has 7 rings (SSSR count). The summed E-state index contributed by atoms with van der Waals surface area (Å²) in [6, 6.07) is 13.1. The number of carbonyl (C=O) groups is 2. The molecule has 0 radical (unpaired) electrons. The number of carboxylic acid groups (broad SMARTS) is 1. The molecule has 3 aromatic heterocycles. The average Bonchev–Trinajstić information content (AvgIpc) is 3.83. The quantitative estimate of drug-likeness (QED) is 0.188. The van der Waals surface area contributed by atoms with Crippen LogP contribution in [-0.2, 0) is 31.4 Å². The molecular weight excluding hydrogens is 672 g/mol. The fourth-order valence-corrected chi connectivity index (χ4v) is 7.42. The number of anilines is 1. The molecule has 1 fully saturated rings. The SMILES string of the molecule is Cc1c(-c2nc3cc(CN4CC[C@@H](C(=O)O)C4)cc(C#N)c3o2)cccc1-c1nccc(NC(=O)c2nc3c(n2C)CCN(CC(C)O)C3)c1Cl. The molecule has 1 saturated heterocycles. The Kier molecular flexibility index (Phi) is 9.34. The van der Waals surface area contributed by atoms with Crippen molar-refractivity contribution in [3.05, 3.63) is 81.5 Å². The van der Waals surface area contributed by atoms with Gasteiger partial charge in [-0.05, 0) is 62.2 Å². The van der Waals surface area contributed by atoms with Gasteiger partial charge in [-0.2, -0.15) is 5.26 Å². The maximum absolute atomic E-state index is 13.5. The lowest BCUT2D eigenvalue weighted by molar-refractivity contribution is -0.141. The van der Waals surface area contributed by atoms with Gasteiger partial charge >= 0.3 is 5.97 Å². The van der Waals surface area contributed by atoms with Crippen molar-refractivity contribution >= 4 is 40.3 Å². The molecule has 51 heavy (non-hydrogen) atoms. The summed E-state index contributed by atoms with van der Waals surface area (Å²) in [6.45, 7) is 7.17. The third-order valence-electron chi connectivity index (χ3n) is 9.72. The first-order chi connectivity index (χ1) is 24.5. The number of hydrogen-bond donors (Lipinski definition) is 3. The maximum Gasteiger partial charge on any atom is 0.307 e. The molecule has 0 bridgehead atoms. The van der Waals surface area contributed by atoms with Gasteiger partial charge in [0.1, 0.15) is 11.6 Å². The van der Waals surface area contributed by atoms with Crippen LogP contribution in [0.2, 0.25) is 5.02 Å². The third kappa shape index (κ3) is 6.71. The zero-order valence-corrected chi connectivity index (χ0v) is 29.2. The Morgan fingerprint density at radius 3 is 2.73 bits per heavy atom. The summed E-state index contributed by atoms with van der Waals surface area (Å²) in [5.41, 5.74) is 6.96. The molecule has 5 heterocycles. The predicted octanol–water partition coefficient (Wildman–Crippen LogP) is 5.02. The van der Waals surface area contributed by atoms with Crippen LogP contribution in [0.4, 0.5) is 5.69 Å². The summed E-state index contributed by atoms with van der Waals surface area (Å²) in [4.78, 5) is 43.1. The van der Waals surface area contributed by atoms with E-state index in [1.165, 1.54) is 0 Å². The standard InChI is InChI=1S/C37H37ClN8O5/c1-20(47)16-45-12-9-30-29(19-45)41-34(44(30)3)35(48)42-27-7-10-40-32(31(27)38)25-5-4-6-26(21(25)2)36-43-28-14-22(13-24(15-39)33(28)51-36)17-46-11-8-23(18-46)37(49)50/h4-7,10,13-14,20,23,47H,8-9,11-12,16-19H2,1-3H3,(H,49,50)(H,40,42,48)/t20?,23-/m1/s1. The van der Waals surface area contributed by atoms with Gasteiger partial charge in [0, 0.05) is 69.2 Å². The molecule has 0 spiro atoms. The number of imidazole rings is 1. The fraction of sp³-hybridized carbons (Fsp3) is 0.351. The van der Waals surface area contributed by atoms with Gasteiger partial charge in [0.15, 0.2) is 11.4 Å². The Bertz CT molecular complexity index is 2220. The molecule has 14 heteroatoms. The van der Waals surface area contributed by atoms with Gasteiger partial charge in [-0.1, -0.05) is 23.7 Å². The number of pyridine rings is 1. The average molecular weight is 709 g/mol. The van der Waals surface area contributed by atoms with Crippen LogP contribution in [0.5, 0.6) is 0 Å². The van der Waals surface area contributed by atoms with Gasteiger partial charge in [-0.15, -0.1) is 0 Å². The molecule has 0 aliphatic carbocycles. The monoisotopic (exact) mass is 708 g/mol. The number of likely N-dealkylation sites (tertiary alicyclic amines) is 1. The van der Waals surface area contributed by atoms with Crippen LogP contribution in [0.1, 0.15) is 52.0 Å². The van der Waals surface area contributed by atoms with E-state index in [-0.39, 0.29) is 10.8 Å². The lowest BCUT2D eigenvalue weighted by Gasteiger charge is -2.27. The van der Waals surface area contributed by atoms with Gasteiger partial charge in [-0.25, -0.2) is 9.97 Å². The van der Waals surface area contributed by atoms with Crippen molar-refractivity contribution < 1.29 is 24.2 Å². The first-order valence-electron chi connectivity index (χ1n) is 16.8. The van der Waals surface area contributed by atoms with Crippen molar-refractivity contribution in [2.75, 3.05) is 31.5 Å². The summed E-state index contributed by atoms with van der Waals surface area (Å²) in [7, 11) is 1.83. The first-order valence-corrected chi connectivity index (χ1v) is 17.2. The molecule has 2 aliphatic heterocycles. The number of benzene rings is 2. The molecule has 0 saturated carbocycles. The summed E-state index contributed by atoms with van der Waals surface area (Å²) >= 11 is 6.92. The van der Waals surface area contributed by atoms with Crippen LogP contribution in [0.25, 0.3) is 33.8 Å². The number of oxazole rings is 1. The molecule has 2 atom stereocenters. The molecule has 262 valence electrons. The van der Waals surface area contributed by atoms with Crippen LogP contribution < -0.4 is 5.32 Å². The molecule has 2 aliphatic rings. The summed E-state index contributed by atoms with van der Waals surface area (Å²) < 4.78 is 8.00. The highest BCUT2D eigenvalue weighted by molar-refractivity contribution is 6.36. The summed E-state index contributed by atoms with van der Waals surface area (Å²) in [5, 5.41) is 32.3. The Morgan fingerprint density at radius 2 is 1.98 bits per heavy atom. The molecule has 2 aromatic carbocycles. The van der Waals surface area contributed by atoms with Crippen LogP contribution in [-0.4, -0.2) is 83.7 Å². The number of halogens is 1. The highest BCUT2D eigenvalue weighted by Crippen LogP contribution is 2.38. The lowest BCUT2D eigenvalue weighted by Crippen LogP contribution is -2.36. The molecule has 5 aromatic rings. The van der Waals surface area contributed by atoms with E-state index in [0.29, 0.717) is 84.2 Å². The van der Waals surface area contributed by atoms with E-state index in [2.05, 4.69) is 31.2 Å². The van der Waals surface area contributed by atoms with Crippen LogP contribution >= 0.6 is 11.6 Å². The Hall–Kier alpha value is -5.13. The lowest BCUT2D eigenvalue weighted by atomic mass is 9.99. The minimum absolute atomic E-state index is 0.259. The number of hydrogen-bond acceptors (Lipinski definition) is 10. The summed E-state index contributed by atoms with van der Waals surface area (Å²) in [6.07, 6.45) is 2.45. The number of rotatable bonds is 9. The second-order valence-electron chi connectivity index (χ2n) is 13.4. The van der Waals surface area contributed by atoms with E-state index < -0.39 is 23.9 Å². The number of aliphatic hydroxyl groups excluding tert-OH is 1. The first kappa shape index (κ1) is 34.3. The number of β-amino-alcohol motifs (C(OH)–C–C–N with tert-alkyl or cyclic N) is 1. The van der Waals surface area contributed by atoms with Gasteiger partial charge < -0.3 is 24.5 Å². The highest BCUT2D eigenvalue weighted by Gasteiger charge is 2.29. The Balaban J connectivity index is 1.14. The number of nitriles is 1. The number of aromatic nitrogens is 4. The highest BCUT2D eigenvalue weighted by atomic mass is 35.5. The minimum atomic E-state index is -0.790. The second kappa shape index (κ2) is 13.9. The molecular formula is C37H37ClN8O5. The van der Waals surface area contributed by atoms with Gasteiger partial charge in [-0.3, -0.25) is 24.4 Å². The number of aliphatic hydroxyl groups is 1. The van der Waals surface area contributed by atoms with E-state index in [1.54, 1.807) is 25.3 Å². The van der Waals surface area contributed by atoms with E-state index in [1.807, 2.05) is 42.8 Å². The van der Waals surface area contributed by atoms with Crippen LogP contribution in [0, 0.1) is 24.2 Å². The Morgan fingerprint density at radius 1 is 1.18 bits per heavy atom. The number of fused-ring (bicyclic) bond motifs is 2. The number of nitrogens with zero attached hydrogens (tertiary/aromatic N) is 7. The summed E-state index contributed by atoms with van der Waals surface area (Å²) in [5.74, 6) is -0.978. The number of carbonyl (C=O) groups excluding carboxylic acids is 1. The number of nitrogens with one attached hydrogen (secondary N) is 1. The smallest absolute Gasteiger partial charge is 0.307 e. The van der Waals surface area contributed by atoms with Crippen molar-refractivity contribution in [1.82, 2.24) is 29.3 Å². The third-order valence-corrected chi connectivity index (χ3v) is 10.1. The predicted molar refractivity (Wildman–Crippen MR) is 190 cm³/mol. The van der Waals surface area contributed by atoms with E-state index in [9.17, 15) is 25.1 Å². The van der Waals surface area contributed by atoms with Crippen molar-refractivity contribution in [3.8, 4) is 28.8 Å². The molecule has 13 nitrogen and oxygen atoms in total. The zero-order chi connectivity index (χ0) is 36.0. The van der Waals surface area contributed by atoms with Crippen molar-refractivity contribution in [3.63, 3.8) is 0 Å². The largest absolute Gasteiger partial charge is 0.481 e. The Labute approximate surface area is 299 Å². The minimum Gasteiger partial charge on any atom is -0.481 e. The molecule has 1 unspecified atom stereocenters. The van der Waals surface area contributed by atoms with Gasteiger partial charge in [0.25, 0.3) is 5.91 Å². The number of aliphatic carboxylic acids is 1. The molecule has 3 N–H and O–H groups in total. The molecule has 1 amide bonds. The topological polar surface area (TPSA) is 174 Å². The van der Waals surface area contributed by atoms with Crippen molar-refractivity contribution in [2.45, 2.75) is 45.9 Å². The van der Waals surface area contributed by atoms with Crippen LogP contribution in [0.3, 0.4) is 0 Å². The van der Waals surface area contributed by atoms with E-state index in [4.69, 9.17) is 21.0 Å². The normalized spacial score (nSPS) is 17.0. The van der Waals surface area contributed by atoms with E-state index in [0.717, 1.165) is 35.5 Å². The number of carboxylic acids is 1. The fourth-order valence-electron chi connectivity index (χ4n) is 7.16. The van der Waals surface area contributed by atoms with Crippen LogP contribution in [0.15, 0.2) is 47.0 Å². The number of amides is 1. The van der Waals surface area contributed by atoms with Crippen molar-refractivity contribution in [2.24, 2.45) is 13.0 Å². The van der Waals surface area contributed by atoms with Gasteiger partial charge in [0.05, 0.1) is 39.7 Å². The van der Waals surface area contributed by atoms with Crippen molar-refractivity contribution in [1.29, 1.82) is 5.26 Å². The van der Waals surface area contributed by atoms with E-state index >= 15 is 0 Å². The zero-order valence-electron chi connectivity index (χ0n) is 28.5.